The largest absolute Gasteiger partial charge is 0.313 e. The van der Waals surface area contributed by atoms with Gasteiger partial charge in [0.2, 0.25) is 0 Å². The van der Waals surface area contributed by atoms with Crippen LogP contribution in [0.2, 0.25) is 0 Å². The summed E-state index contributed by atoms with van der Waals surface area (Å²) >= 11 is 4.49. The average molecular weight is 302 g/mol. The van der Waals surface area contributed by atoms with Gasteiger partial charge in [0.15, 0.2) is 0 Å². The normalized spacial score (nSPS) is 31.9. The first-order valence-corrected chi connectivity index (χ1v) is 10.4. The molecule has 1 nitrogen and oxygen atoms in total. The number of hydrogen-bond donors (Lipinski definition) is 1. The topological polar surface area (TPSA) is 12.0 Å². The van der Waals surface area contributed by atoms with Gasteiger partial charge in [-0.15, -0.1) is 0 Å². The van der Waals surface area contributed by atoms with Gasteiger partial charge in [0, 0.05) is 28.0 Å². The summed E-state index contributed by atoms with van der Waals surface area (Å²) in [6.07, 6.45) is 10.2. The van der Waals surface area contributed by atoms with Gasteiger partial charge in [0.1, 0.15) is 0 Å². The van der Waals surface area contributed by atoms with Crippen LogP contribution >= 0.6 is 23.5 Å². The first kappa shape index (κ1) is 16.0. The molecule has 1 aliphatic carbocycles. The Labute approximate surface area is 128 Å². The van der Waals surface area contributed by atoms with Crippen LogP contribution in [0, 0.1) is 5.92 Å². The molecule has 2 aliphatic rings. The van der Waals surface area contributed by atoms with E-state index in [-0.39, 0.29) is 0 Å². The summed E-state index contributed by atoms with van der Waals surface area (Å²) in [6, 6.07) is 0.769. The van der Waals surface area contributed by atoms with Crippen molar-refractivity contribution in [2.45, 2.75) is 75.3 Å². The maximum Gasteiger partial charge on any atom is 0.0322 e. The SMILES string of the molecule is CCNC(C1CCCCCC1)C1SCCSC1CC. The van der Waals surface area contributed by atoms with Crippen molar-refractivity contribution >= 4 is 23.5 Å². The second-order valence-corrected chi connectivity index (χ2v) is 8.62. The Kier molecular flexibility index (Phi) is 7.46. The molecule has 2 fully saturated rings. The third-order valence-corrected chi connectivity index (χ3v) is 8.07. The van der Waals surface area contributed by atoms with E-state index >= 15 is 0 Å². The van der Waals surface area contributed by atoms with Gasteiger partial charge in [-0.25, -0.2) is 0 Å². The summed E-state index contributed by atoms with van der Waals surface area (Å²) in [5.41, 5.74) is 0. The Bertz CT molecular complexity index is 239. The van der Waals surface area contributed by atoms with Gasteiger partial charge in [-0.1, -0.05) is 39.5 Å². The highest BCUT2D eigenvalue weighted by atomic mass is 32.2. The molecule has 2 rings (SSSR count). The fourth-order valence-corrected chi connectivity index (χ4v) is 7.07. The van der Waals surface area contributed by atoms with Gasteiger partial charge in [-0.05, 0) is 31.7 Å². The molecule has 1 N–H and O–H groups in total. The molecule has 3 unspecified atom stereocenters. The van der Waals surface area contributed by atoms with Crippen LogP contribution in [-0.2, 0) is 0 Å². The molecule has 3 heteroatoms. The molecule has 0 bridgehead atoms. The minimum absolute atomic E-state index is 0.769. The van der Waals surface area contributed by atoms with Crippen LogP contribution in [-0.4, -0.2) is 34.6 Å². The zero-order valence-corrected chi connectivity index (χ0v) is 14.3. The lowest BCUT2D eigenvalue weighted by Gasteiger charge is -2.40. The minimum atomic E-state index is 0.769. The van der Waals surface area contributed by atoms with Crippen molar-refractivity contribution in [2.24, 2.45) is 5.92 Å². The molecule has 1 aliphatic heterocycles. The highest BCUT2D eigenvalue weighted by Gasteiger charge is 2.36. The van der Waals surface area contributed by atoms with Crippen molar-refractivity contribution in [3.8, 4) is 0 Å². The fourth-order valence-electron chi connectivity index (χ4n) is 3.73. The third kappa shape index (κ3) is 4.57. The third-order valence-electron chi connectivity index (χ3n) is 4.70. The second-order valence-electron chi connectivity index (χ2n) is 5.99. The van der Waals surface area contributed by atoms with E-state index in [0.29, 0.717) is 0 Å². The van der Waals surface area contributed by atoms with Gasteiger partial charge in [0.05, 0.1) is 0 Å². The minimum Gasteiger partial charge on any atom is -0.313 e. The van der Waals surface area contributed by atoms with Crippen molar-refractivity contribution < 1.29 is 0 Å². The molecule has 0 amide bonds. The van der Waals surface area contributed by atoms with Crippen LogP contribution < -0.4 is 5.32 Å². The monoisotopic (exact) mass is 301 g/mol. The quantitative estimate of drug-likeness (QED) is 0.748. The lowest BCUT2D eigenvalue weighted by atomic mass is 9.88. The predicted octanol–water partition coefficient (Wildman–Crippen LogP) is 4.56. The highest BCUT2D eigenvalue weighted by Crippen LogP contribution is 2.39. The molecule has 0 spiro atoms. The first-order chi connectivity index (χ1) is 9.36. The molecule has 3 atom stereocenters. The lowest BCUT2D eigenvalue weighted by molar-refractivity contribution is 0.312. The van der Waals surface area contributed by atoms with Gasteiger partial charge in [-0.3, -0.25) is 0 Å². The molecule has 0 radical (unpaired) electrons. The zero-order chi connectivity index (χ0) is 13.5. The number of hydrogen-bond acceptors (Lipinski definition) is 3. The number of rotatable bonds is 5. The first-order valence-electron chi connectivity index (χ1n) is 8.33. The summed E-state index contributed by atoms with van der Waals surface area (Å²) in [5.74, 6) is 3.66. The van der Waals surface area contributed by atoms with E-state index in [1.807, 2.05) is 0 Å². The number of thioether (sulfide) groups is 2. The van der Waals surface area contributed by atoms with Crippen molar-refractivity contribution in [2.75, 3.05) is 18.1 Å². The van der Waals surface area contributed by atoms with Gasteiger partial charge in [-0.2, -0.15) is 23.5 Å². The summed E-state index contributed by atoms with van der Waals surface area (Å²) in [6.45, 7) is 5.80. The molecular formula is C16H31NS2. The smallest absolute Gasteiger partial charge is 0.0322 e. The zero-order valence-electron chi connectivity index (χ0n) is 12.7. The molecule has 1 saturated carbocycles. The van der Waals surface area contributed by atoms with Gasteiger partial charge < -0.3 is 5.32 Å². The molecule has 19 heavy (non-hydrogen) atoms. The van der Waals surface area contributed by atoms with Gasteiger partial charge in [0.25, 0.3) is 0 Å². The van der Waals surface area contributed by atoms with Crippen LogP contribution in [0.25, 0.3) is 0 Å². The standard InChI is InChI=1S/C16H31NS2/c1-3-14-16(19-12-11-18-14)15(17-4-2)13-9-7-5-6-8-10-13/h13-17H,3-12H2,1-2H3. The Morgan fingerprint density at radius 2 is 1.68 bits per heavy atom. The van der Waals surface area contributed by atoms with E-state index in [4.69, 9.17) is 0 Å². The van der Waals surface area contributed by atoms with Crippen molar-refractivity contribution in [1.29, 1.82) is 0 Å². The van der Waals surface area contributed by atoms with Gasteiger partial charge >= 0.3 is 0 Å². The molecule has 1 saturated heterocycles. The summed E-state index contributed by atoms with van der Waals surface area (Å²) in [7, 11) is 0. The summed E-state index contributed by atoms with van der Waals surface area (Å²) in [4.78, 5) is 0. The molecule has 0 aromatic rings. The second kappa shape index (κ2) is 8.84. The highest BCUT2D eigenvalue weighted by molar-refractivity contribution is 8.07. The molecule has 0 aromatic heterocycles. The van der Waals surface area contributed by atoms with Crippen LogP contribution in [0.4, 0.5) is 0 Å². The fraction of sp³-hybridized carbons (Fsp3) is 1.00. The van der Waals surface area contributed by atoms with Crippen LogP contribution in [0.3, 0.4) is 0 Å². The van der Waals surface area contributed by atoms with Crippen molar-refractivity contribution in [3.63, 3.8) is 0 Å². The average Bonchev–Trinajstić information content (AvgIpc) is 2.74. The maximum absolute atomic E-state index is 3.88. The predicted molar refractivity (Wildman–Crippen MR) is 91.4 cm³/mol. The van der Waals surface area contributed by atoms with E-state index in [2.05, 4.69) is 42.7 Å². The Hall–Kier alpha value is 0.660. The Balaban J connectivity index is 2.03. The van der Waals surface area contributed by atoms with E-state index in [1.165, 1.54) is 56.5 Å². The summed E-state index contributed by atoms with van der Waals surface area (Å²) < 4.78 is 0. The number of nitrogens with one attached hydrogen (secondary N) is 1. The maximum atomic E-state index is 3.88. The summed E-state index contributed by atoms with van der Waals surface area (Å²) in [5, 5.41) is 5.61. The van der Waals surface area contributed by atoms with E-state index in [1.54, 1.807) is 0 Å². The Morgan fingerprint density at radius 1 is 1.00 bits per heavy atom. The molecule has 112 valence electrons. The lowest BCUT2D eigenvalue weighted by Crippen LogP contribution is -2.49. The molecule has 1 heterocycles. The van der Waals surface area contributed by atoms with Crippen molar-refractivity contribution in [3.05, 3.63) is 0 Å². The molecule has 0 aromatic carbocycles. The van der Waals surface area contributed by atoms with Crippen LogP contribution in [0.5, 0.6) is 0 Å². The van der Waals surface area contributed by atoms with Crippen LogP contribution in [0.1, 0.15) is 58.8 Å². The Morgan fingerprint density at radius 3 is 2.32 bits per heavy atom. The van der Waals surface area contributed by atoms with E-state index in [9.17, 15) is 0 Å². The van der Waals surface area contributed by atoms with Crippen LogP contribution in [0.15, 0.2) is 0 Å². The van der Waals surface area contributed by atoms with E-state index < -0.39 is 0 Å². The molecular weight excluding hydrogens is 270 g/mol. The van der Waals surface area contributed by atoms with Crippen molar-refractivity contribution in [1.82, 2.24) is 5.32 Å². The van der Waals surface area contributed by atoms with E-state index in [0.717, 1.165) is 29.0 Å².